The standard InChI is InChI=1S/C11H8FN3S.ClH/c12-6-1-3-14-11-8(5-6)10-7(9(11)13)2-4-16-15-10;/h1-5,13-15H;1H. The van der Waals surface area contributed by atoms with Crippen LogP contribution in [0.2, 0.25) is 0 Å². The molecule has 0 aliphatic rings. The van der Waals surface area contributed by atoms with Crippen LogP contribution in [0.25, 0.3) is 21.8 Å². The summed E-state index contributed by atoms with van der Waals surface area (Å²) >= 11 is 1.42. The van der Waals surface area contributed by atoms with E-state index >= 15 is 0 Å². The van der Waals surface area contributed by atoms with Crippen molar-refractivity contribution in [2.45, 2.75) is 0 Å². The van der Waals surface area contributed by atoms with E-state index in [4.69, 9.17) is 5.41 Å². The zero-order valence-corrected chi connectivity index (χ0v) is 10.2. The molecular weight excluding hydrogens is 261 g/mol. The first-order valence-electron chi connectivity index (χ1n) is 4.74. The molecule has 17 heavy (non-hydrogen) atoms. The van der Waals surface area contributed by atoms with E-state index in [2.05, 4.69) is 9.36 Å². The first-order chi connectivity index (χ1) is 7.77. The molecule has 0 aliphatic heterocycles. The fourth-order valence-electron chi connectivity index (χ4n) is 1.82. The first-order valence-corrected chi connectivity index (χ1v) is 5.62. The van der Waals surface area contributed by atoms with Crippen LogP contribution in [-0.2, 0) is 0 Å². The Balaban J connectivity index is 0.00000108. The summed E-state index contributed by atoms with van der Waals surface area (Å²) in [5, 5.41) is 11.8. The third kappa shape index (κ3) is 1.77. The Labute approximate surface area is 106 Å². The van der Waals surface area contributed by atoms with Gasteiger partial charge < -0.3 is 9.36 Å². The maximum Gasteiger partial charge on any atom is 0.125 e. The number of hydrogen-bond donors (Lipinski definition) is 3. The molecule has 3 rings (SSSR count). The fraction of sp³-hybridized carbons (Fsp3) is 0. The molecule has 3 N–H and O–H groups in total. The van der Waals surface area contributed by atoms with E-state index in [1.54, 1.807) is 0 Å². The van der Waals surface area contributed by atoms with Crippen LogP contribution in [-0.4, -0.2) is 9.36 Å². The van der Waals surface area contributed by atoms with Gasteiger partial charge in [-0.05, 0) is 18.2 Å². The van der Waals surface area contributed by atoms with E-state index in [0.717, 1.165) is 10.9 Å². The molecule has 3 aromatic rings. The van der Waals surface area contributed by atoms with Crippen molar-refractivity contribution in [3.8, 4) is 0 Å². The fourth-order valence-corrected chi connectivity index (χ4v) is 2.43. The largest absolute Gasteiger partial charge is 0.359 e. The van der Waals surface area contributed by atoms with Crippen molar-refractivity contribution >= 4 is 45.7 Å². The van der Waals surface area contributed by atoms with Gasteiger partial charge in [-0.25, -0.2) is 4.39 Å². The Morgan fingerprint density at radius 3 is 2.82 bits per heavy atom. The van der Waals surface area contributed by atoms with Gasteiger partial charge in [0, 0.05) is 22.3 Å². The molecule has 0 saturated heterocycles. The van der Waals surface area contributed by atoms with Crippen molar-refractivity contribution in [2.75, 3.05) is 0 Å². The lowest BCUT2D eigenvalue weighted by Crippen LogP contribution is -1.94. The molecular formula is C11H9ClFN3S. The summed E-state index contributed by atoms with van der Waals surface area (Å²) in [7, 11) is 0. The summed E-state index contributed by atoms with van der Waals surface area (Å²) in [5.74, 6) is -0.319. The van der Waals surface area contributed by atoms with E-state index in [-0.39, 0.29) is 18.2 Å². The van der Waals surface area contributed by atoms with Crippen LogP contribution < -0.4 is 5.36 Å². The molecule has 1 aromatic carbocycles. The maximum atomic E-state index is 13.3. The monoisotopic (exact) mass is 269 g/mol. The molecule has 2 aromatic heterocycles. The van der Waals surface area contributed by atoms with Gasteiger partial charge in [0.2, 0.25) is 0 Å². The third-order valence-electron chi connectivity index (χ3n) is 2.54. The molecule has 0 fully saturated rings. The average molecular weight is 270 g/mol. The predicted octanol–water partition coefficient (Wildman–Crippen LogP) is 3.31. The van der Waals surface area contributed by atoms with Crippen LogP contribution in [0.15, 0.2) is 29.8 Å². The zero-order chi connectivity index (χ0) is 11.1. The van der Waals surface area contributed by atoms with E-state index in [1.165, 1.54) is 29.9 Å². The van der Waals surface area contributed by atoms with Gasteiger partial charge in [0.05, 0.1) is 16.4 Å². The van der Waals surface area contributed by atoms with Gasteiger partial charge in [-0.2, -0.15) is 0 Å². The topological polar surface area (TPSA) is 55.4 Å². The average Bonchev–Trinajstić information content (AvgIpc) is 2.47. The van der Waals surface area contributed by atoms with E-state index in [9.17, 15) is 4.39 Å². The summed E-state index contributed by atoms with van der Waals surface area (Å²) in [6, 6.07) is 4.65. The van der Waals surface area contributed by atoms with Crippen LogP contribution in [0.1, 0.15) is 0 Å². The SMILES string of the molecule is Cl.N=c1c2ccs[nH]c2c2cc(F)cc[nH]c12. The van der Waals surface area contributed by atoms with Crippen LogP contribution in [0, 0.1) is 11.2 Å². The van der Waals surface area contributed by atoms with Gasteiger partial charge in [-0.15, -0.1) is 12.4 Å². The number of halogens is 2. The highest BCUT2D eigenvalue weighted by Crippen LogP contribution is 2.20. The summed E-state index contributed by atoms with van der Waals surface area (Å²) in [6.45, 7) is 0. The number of aromatic nitrogens is 2. The minimum atomic E-state index is -0.319. The van der Waals surface area contributed by atoms with E-state index < -0.39 is 0 Å². The minimum Gasteiger partial charge on any atom is -0.359 e. The number of rotatable bonds is 0. The highest BCUT2D eigenvalue weighted by atomic mass is 35.5. The molecule has 0 aliphatic carbocycles. The van der Waals surface area contributed by atoms with Crippen molar-refractivity contribution in [3.63, 3.8) is 0 Å². The van der Waals surface area contributed by atoms with Crippen LogP contribution in [0.4, 0.5) is 4.39 Å². The smallest absolute Gasteiger partial charge is 0.125 e. The van der Waals surface area contributed by atoms with Crippen molar-refractivity contribution in [3.05, 3.63) is 41.0 Å². The molecule has 3 nitrogen and oxygen atoms in total. The lowest BCUT2D eigenvalue weighted by Gasteiger charge is -1.88. The second-order valence-electron chi connectivity index (χ2n) is 3.48. The number of fused-ring (bicyclic) bond motifs is 3. The molecule has 88 valence electrons. The number of nitrogens with one attached hydrogen (secondary N) is 3. The predicted molar refractivity (Wildman–Crippen MR) is 69.9 cm³/mol. The third-order valence-corrected chi connectivity index (χ3v) is 3.14. The quantitative estimate of drug-likeness (QED) is 0.561. The molecule has 0 radical (unpaired) electrons. The molecule has 6 heteroatoms. The number of hydrogen-bond acceptors (Lipinski definition) is 2. The Kier molecular flexibility index (Phi) is 3.04. The lowest BCUT2D eigenvalue weighted by molar-refractivity contribution is 0.630. The van der Waals surface area contributed by atoms with Gasteiger partial charge in [0.25, 0.3) is 0 Å². The summed E-state index contributed by atoms with van der Waals surface area (Å²) in [4.78, 5) is 2.94. The molecule has 0 amide bonds. The van der Waals surface area contributed by atoms with Crippen molar-refractivity contribution in [2.24, 2.45) is 0 Å². The van der Waals surface area contributed by atoms with Gasteiger partial charge in [0.15, 0.2) is 0 Å². The first kappa shape index (κ1) is 11.9. The molecule has 0 atom stereocenters. The molecule has 0 unspecified atom stereocenters. The Hall–Kier alpha value is -1.59. The van der Waals surface area contributed by atoms with E-state index in [0.29, 0.717) is 16.3 Å². The molecule has 0 bridgehead atoms. The number of aromatic amines is 2. The Morgan fingerprint density at radius 2 is 2.00 bits per heavy atom. The Morgan fingerprint density at radius 1 is 1.18 bits per heavy atom. The second kappa shape index (κ2) is 4.35. The lowest BCUT2D eigenvalue weighted by atomic mass is 10.3. The maximum absolute atomic E-state index is 13.3. The van der Waals surface area contributed by atoms with Crippen LogP contribution >= 0.6 is 23.9 Å². The zero-order valence-electron chi connectivity index (χ0n) is 8.58. The van der Waals surface area contributed by atoms with Crippen molar-refractivity contribution < 1.29 is 4.39 Å². The van der Waals surface area contributed by atoms with E-state index in [1.807, 2.05) is 11.4 Å². The minimum absolute atomic E-state index is 0. The van der Waals surface area contributed by atoms with Gasteiger partial charge in [-0.1, -0.05) is 11.5 Å². The number of H-pyrrole nitrogens is 2. The molecule has 2 heterocycles. The van der Waals surface area contributed by atoms with Crippen LogP contribution in [0.3, 0.4) is 0 Å². The highest BCUT2D eigenvalue weighted by molar-refractivity contribution is 7.03. The summed E-state index contributed by atoms with van der Waals surface area (Å²) < 4.78 is 16.4. The van der Waals surface area contributed by atoms with Crippen molar-refractivity contribution in [1.29, 1.82) is 5.41 Å². The molecule has 0 spiro atoms. The molecule has 0 saturated carbocycles. The van der Waals surface area contributed by atoms with Crippen molar-refractivity contribution in [1.82, 2.24) is 9.36 Å². The van der Waals surface area contributed by atoms with Gasteiger partial charge in [-0.3, -0.25) is 5.41 Å². The normalized spacial score (nSPS) is 10.4. The second-order valence-corrected chi connectivity index (χ2v) is 4.19. The van der Waals surface area contributed by atoms with Crippen LogP contribution in [0.5, 0.6) is 0 Å². The van der Waals surface area contributed by atoms with Gasteiger partial charge in [0.1, 0.15) is 5.82 Å². The summed E-state index contributed by atoms with van der Waals surface area (Å²) in [5.41, 5.74) is 1.45. The highest BCUT2D eigenvalue weighted by Gasteiger charge is 2.07. The summed E-state index contributed by atoms with van der Waals surface area (Å²) in [6.07, 6.45) is 1.51. The van der Waals surface area contributed by atoms with Gasteiger partial charge >= 0.3 is 0 Å². The Bertz CT molecular complexity index is 756.